The van der Waals surface area contributed by atoms with E-state index in [0.29, 0.717) is 42.4 Å². The lowest BCUT2D eigenvalue weighted by Gasteiger charge is -2.35. The summed E-state index contributed by atoms with van der Waals surface area (Å²) in [4.78, 5) is 24.3. The van der Waals surface area contributed by atoms with Crippen LogP contribution >= 0.6 is 0 Å². The Morgan fingerprint density at radius 1 is 0.927 bits per heavy atom. The number of Topliss-reactive ketones (excluding diaryl/α,β-unsaturated/α-hetero) is 1. The van der Waals surface area contributed by atoms with Gasteiger partial charge in [0.25, 0.3) is 0 Å². The summed E-state index contributed by atoms with van der Waals surface area (Å²) >= 11 is 0. The van der Waals surface area contributed by atoms with E-state index in [4.69, 9.17) is 29.8 Å². The van der Waals surface area contributed by atoms with Gasteiger partial charge in [-0.1, -0.05) is 19.9 Å². The Labute approximate surface area is 241 Å². The van der Waals surface area contributed by atoms with Crippen LogP contribution in [0.25, 0.3) is 11.1 Å². The Morgan fingerprint density at radius 3 is 2.10 bits per heavy atom. The van der Waals surface area contributed by atoms with Crippen molar-refractivity contribution in [2.45, 2.75) is 52.0 Å². The van der Waals surface area contributed by atoms with E-state index in [9.17, 15) is 18.0 Å². The molecule has 3 aliphatic rings. The maximum Gasteiger partial charge on any atom is 0.220 e. The largest absolute Gasteiger partial charge is 0.493 e. The topological polar surface area (TPSA) is 157 Å². The van der Waals surface area contributed by atoms with E-state index >= 15 is 0 Å². The number of hydrogen-bond donors (Lipinski definition) is 2. The summed E-state index contributed by atoms with van der Waals surface area (Å²) in [6.07, 6.45) is 3.60. The highest BCUT2D eigenvalue weighted by atomic mass is 32.2. The average molecular weight is 589 g/mol. The molecule has 4 N–H and O–H groups in total. The van der Waals surface area contributed by atoms with E-state index in [-0.39, 0.29) is 34.2 Å². The summed E-state index contributed by atoms with van der Waals surface area (Å²) in [5, 5.41) is 5.10. The van der Waals surface area contributed by atoms with E-state index in [0.717, 1.165) is 35.1 Å². The maximum atomic E-state index is 12.4. The lowest BCUT2D eigenvalue weighted by molar-refractivity contribution is -0.128. The number of primary sulfonamides is 1. The van der Waals surface area contributed by atoms with Crippen LogP contribution in [-0.2, 0) is 21.2 Å². The molecule has 0 saturated heterocycles. The molecule has 2 aromatic carbocycles. The molecule has 5 rings (SSSR count). The monoisotopic (exact) mass is 588 g/mol. The third-order valence-corrected chi connectivity index (χ3v) is 10.2. The van der Waals surface area contributed by atoms with Crippen molar-refractivity contribution >= 4 is 15.8 Å². The number of rotatable bonds is 6. The molecule has 2 aromatic rings. The van der Waals surface area contributed by atoms with E-state index in [1.165, 1.54) is 7.11 Å². The average Bonchev–Trinajstić information content (AvgIpc) is 3.10. The predicted molar refractivity (Wildman–Crippen MR) is 156 cm³/mol. The van der Waals surface area contributed by atoms with Crippen molar-refractivity contribution in [2.24, 2.45) is 27.6 Å². The Hall–Kier alpha value is -3.15. The van der Waals surface area contributed by atoms with Gasteiger partial charge in [0.1, 0.15) is 5.78 Å². The SMILES string of the molecule is CC1(C)[C@H]2CC[C@@]1(CS(N)(=O)=O)C(=O)C2.COc1cc2c(c(OC)c1OC)-c1ccc(OC)c(=O)cc1C(N)CC2. The second-order valence-electron chi connectivity index (χ2n) is 11.6. The first-order valence-corrected chi connectivity index (χ1v) is 15.3. The van der Waals surface area contributed by atoms with Crippen LogP contribution in [0.3, 0.4) is 0 Å². The Balaban J connectivity index is 0.000000218. The molecule has 41 heavy (non-hydrogen) atoms. The summed E-state index contributed by atoms with van der Waals surface area (Å²) in [5.74, 6) is 2.20. The predicted octanol–water partition coefficient (Wildman–Crippen LogP) is 3.36. The van der Waals surface area contributed by atoms with Crippen LogP contribution in [-0.4, -0.2) is 48.4 Å². The van der Waals surface area contributed by atoms with Crippen molar-refractivity contribution in [1.82, 2.24) is 0 Å². The molecular formula is C30H40N2O8S. The molecule has 0 spiro atoms. The second kappa shape index (κ2) is 11.3. The first-order chi connectivity index (χ1) is 19.2. The molecule has 2 saturated carbocycles. The van der Waals surface area contributed by atoms with Crippen LogP contribution in [0.4, 0.5) is 0 Å². The fourth-order valence-corrected chi connectivity index (χ4v) is 8.31. The molecule has 3 aliphatic carbocycles. The highest BCUT2D eigenvalue weighted by molar-refractivity contribution is 7.89. The van der Waals surface area contributed by atoms with E-state index in [2.05, 4.69) is 0 Å². The number of ketones is 1. The third kappa shape index (κ3) is 5.30. The van der Waals surface area contributed by atoms with Crippen LogP contribution < -0.4 is 35.2 Å². The van der Waals surface area contributed by atoms with Crippen molar-refractivity contribution in [2.75, 3.05) is 34.2 Å². The molecule has 0 heterocycles. The normalized spacial score (nSPS) is 23.9. The summed E-state index contributed by atoms with van der Waals surface area (Å²) in [5.41, 5.74) is 8.78. The zero-order valence-corrected chi connectivity index (χ0v) is 25.4. The van der Waals surface area contributed by atoms with E-state index in [1.807, 2.05) is 26.0 Å². The number of carbonyl (C=O) groups excluding carboxylic acids is 1. The zero-order chi connectivity index (χ0) is 30.3. The van der Waals surface area contributed by atoms with Gasteiger partial charge in [-0.25, -0.2) is 13.6 Å². The molecule has 11 heteroatoms. The highest BCUT2D eigenvalue weighted by Gasteiger charge is 2.65. The minimum Gasteiger partial charge on any atom is -0.493 e. The fourth-order valence-electron chi connectivity index (χ4n) is 6.95. The number of nitrogens with two attached hydrogens (primary N) is 2. The van der Waals surface area contributed by atoms with Gasteiger partial charge in [0.05, 0.1) is 34.2 Å². The highest BCUT2D eigenvalue weighted by Crippen LogP contribution is 2.64. The van der Waals surface area contributed by atoms with Gasteiger partial charge in [-0.3, -0.25) is 9.59 Å². The van der Waals surface area contributed by atoms with E-state index in [1.54, 1.807) is 33.5 Å². The Bertz CT molecular complexity index is 1520. The van der Waals surface area contributed by atoms with Crippen LogP contribution in [0.5, 0.6) is 23.0 Å². The molecular weight excluding hydrogens is 548 g/mol. The molecule has 0 amide bonds. The molecule has 10 nitrogen and oxygen atoms in total. The second-order valence-corrected chi connectivity index (χ2v) is 13.2. The first-order valence-electron chi connectivity index (χ1n) is 13.6. The summed E-state index contributed by atoms with van der Waals surface area (Å²) in [6.45, 7) is 4.00. The minimum atomic E-state index is -3.58. The first kappa shape index (κ1) is 30.8. The Morgan fingerprint density at radius 2 is 1.59 bits per heavy atom. The summed E-state index contributed by atoms with van der Waals surface area (Å²) in [6, 6.07) is 6.75. The van der Waals surface area contributed by atoms with Crippen molar-refractivity contribution in [3.63, 3.8) is 0 Å². The van der Waals surface area contributed by atoms with Gasteiger partial charge in [0, 0.05) is 23.4 Å². The third-order valence-electron chi connectivity index (χ3n) is 9.35. The van der Waals surface area contributed by atoms with Gasteiger partial charge < -0.3 is 24.7 Å². The molecule has 0 aliphatic heterocycles. The number of ether oxygens (including phenoxy) is 4. The molecule has 0 aromatic heterocycles. The molecule has 2 fully saturated rings. The number of fused-ring (bicyclic) bond motifs is 5. The number of sulfonamides is 1. The molecule has 2 bridgehead atoms. The van der Waals surface area contributed by atoms with Gasteiger partial charge in [-0.2, -0.15) is 0 Å². The van der Waals surface area contributed by atoms with Crippen molar-refractivity contribution in [3.8, 4) is 34.1 Å². The molecule has 3 atom stereocenters. The number of hydrogen-bond acceptors (Lipinski definition) is 9. The van der Waals surface area contributed by atoms with Gasteiger partial charge in [0.15, 0.2) is 17.2 Å². The maximum absolute atomic E-state index is 12.4. The quantitative estimate of drug-likeness (QED) is 0.516. The van der Waals surface area contributed by atoms with Gasteiger partial charge in [-0.15, -0.1) is 0 Å². The van der Waals surface area contributed by atoms with Gasteiger partial charge in [-0.05, 0) is 71.9 Å². The number of aryl methyl sites for hydroxylation is 1. The molecule has 0 radical (unpaired) electrons. The van der Waals surface area contributed by atoms with Gasteiger partial charge >= 0.3 is 0 Å². The zero-order valence-electron chi connectivity index (χ0n) is 24.5. The summed E-state index contributed by atoms with van der Waals surface area (Å²) < 4.78 is 44.3. The number of methoxy groups -OCH3 is 4. The fraction of sp³-hybridized carbons (Fsp3) is 0.533. The lowest BCUT2D eigenvalue weighted by Crippen LogP contribution is -2.43. The van der Waals surface area contributed by atoms with Crippen LogP contribution in [0, 0.1) is 16.7 Å². The molecule has 1 unspecified atom stereocenters. The standard InChI is InChI=1S/C20H23NO5.C10H17NO3S/c1-23-16-8-6-12-13(10-15(16)22)14(21)7-5-11-9-17(24-2)19(25-3)20(26-4)18(11)12;1-9(2)7-3-4-10(9,8(12)5-7)6-15(11,13)14/h6,8-10,14H,5,7,21H2,1-4H3;7H,3-6H2,1-2H3,(H2,11,13,14)/t;7-,10+/m.0/s1. The van der Waals surface area contributed by atoms with Crippen molar-refractivity contribution < 1.29 is 32.2 Å². The van der Waals surface area contributed by atoms with Crippen LogP contribution in [0.15, 0.2) is 29.1 Å². The lowest BCUT2D eigenvalue weighted by atomic mass is 9.70. The van der Waals surface area contributed by atoms with Crippen molar-refractivity contribution in [1.29, 1.82) is 0 Å². The van der Waals surface area contributed by atoms with Crippen LogP contribution in [0.2, 0.25) is 0 Å². The van der Waals surface area contributed by atoms with Crippen molar-refractivity contribution in [3.05, 3.63) is 45.6 Å². The summed E-state index contributed by atoms with van der Waals surface area (Å²) in [7, 11) is 2.65. The van der Waals surface area contributed by atoms with E-state index < -0.39 is 15.4 Å². The van der Waals surface area contributed by atoms with Crippen LogP contribution in [0.1, 0.15) is 56.7 Å². The molecule has 224 valence electrons. The van der Waals surface area contributed by atoms with Gasteiger partial charge in [0.2, 0.25) is 21.2 Å². The Kier molecular flexibility index (Phi) is 8.46. The smallest absolute Gasteiger partial charge is 0.220 e. The number of carbonyl (C=O) groups is 1. The minimum absolute atomic E-state index is 0.0952. The number of benzene rings is 1.